The van der Waals surface area contributed by atoms with Crippen molar-refractivity contribution in [1.82, 2.24) is 4.57 Å². The molecular formula is C34H53NO3. The molecular weight excluding hydrogens is 470 g/mol. The number of hydrogen-bond acceptors (Lipinski definition) is 3. The van der Waals surface area contributed by atoms with Crippen molar-refractivity contribution in [2.45, 2.75) is 129 Å². The van der Waals surface area contributed by atoms with Crippen LogP contribution >= 0.6 is 0 Å². The lowest BCUT2D eigenvalue weighted by Gasteiger charge is -2.09. The van der Waals surface area contributed by atoms with Crippen LogP contribution in [-0.2, 0) is 23.0 Å². The zero-order chi connectivity index (χ0) is 27.6. The highest BCUT2D eigenvalue weighted by molar-refractivity contribution is 6.03. The van der Waals surface area contributed by atoms with Gasteiger partial charge < -0.3 is 9.30 Å². The van der Waals surface area contributed by atoms with Crippen LogP contribution in [0.1, 0.15) is 138 Å². The van der Waals surface area contributed by atoms with E-state index in [4.69, 9.17) is 4.74 Å². The van der Waals surface area contributed by atoms with E-state index in [0.29, 0.717) is 19.3 Å². The Kier molecular flexibility index (Phi) is 15.8. The molecule has 4 nitrogen and oxygen atoms in total. The summed E-state index contributed by atoms with van der Waals surface area (Å²) in [5.41, 5.74) is 4.87. The van der Waals surface area contributed by atoms with Gasteiger partial charge in [0.15, 0.2) is 5.78 Å². The monoisotopic (exact) mass is 523 g/mol. The van der Waals surface area contributed by atoms with Crippen molar-refractivity contribution in [3.8, 4) is 11.3 Å². The van der Waals surface area contributed by atoms with Crippen LogP contribution in [0.25, 0.3) is 11.3 Å². The lowest BCUT2D eigenvalue weighted by Crippen LogP contribution is -2.06. The molecule has 2 aromatic rings. The number of unbranched alkanes of at least 4 members (excludes halogenated alkanes) is 14. The van der Waals surface area contributed by atoms with Crippen LogP contribution in [0.2, 0.25) is 0 Å². The summed E-state index contributed by atoms with van der Waals surface area (Å²) in [4.78, 5) is 25.2. The van der Waals surface area contributed by atoms with Crippen LogP contribution in [0, 0.1) is 6.92 Å². The first kappa shape index (κ1) is 31.9. The first-order chi connectivity index (χ1) is 18.5. The summed E-state index contributed by atoms with van der Waals surface area (Å²) in [6.45, 7) is 4.30. The molecule has 0 amide bonds. The minimum Gasteiger partial charge on any atom is -0.469 e. The number of ketones is 1. The summed E-state index contributed by atoms with van der Waals surface area (Å²) < 4.78 is 6.95. The third-order valence-electron chi connectivity index (χ3n) is 7.91. The average Bonchev–Trinajstić information content (AvgIpc) is 3.18. The van der Waals surface area contributed by atoms with Crippen LogP contribution in [0.15, 0.2) is 30.3 Å². The van der Waals surface area contributed by atoms with Crippen molar-refractivity contribution in [3.63, 3.8) is 0 Å². The van der Waals surface area contributed by atoms with E-state index in [-0.39, 0.29) is 11.8 Å². The quantitative estimate of drug-likeness (QED) is 0.0929. The Morgan fingerprint density at radius 3 is 1.74 bits per heavy atom. The van der Waals surface area contributed by atoms with Gasteiger partial charge >= 0.3 is 5.97 Å². The van der Waals surface area contributed by atoms with Gasteiger partial charge in [-0.15, -0.1) is 0 Å². The van der Waals surface area contributed by atoms with Gasteiger partial charge in [-0.3, -0.25) is 9.59 Å². The van der Waals surface area contributed by atoms with Crippen molar-refractivity contribution >= 4 is 11.8 Å². The molecule has 1 heterocycles. The van der Waals surface area contributed by atoms with Gasteiger partial charge in [-0.05, 0) is 30.9 Å². The molecule has 0 aliphatic heterocycles. The standard InChI is InChI=1S/C34H53NO3/c1-5-6-7-8-9-10-11-12-13-14-15-16-17-18-22-25-31(36)33-28(2)30(26-27-32(37)38-4)35(3)34(33)29-23-20-19-21-24-29/h19-21,23-24H,5-18,22,25-27H2,1-4H3. The summed E-state index contributed by atoms with van der Waals surface area (Å²) in [5, 5.41) is 0. The Labute approximate surface area is 232 Å². The maximum Gasteiger partial charge on any atom is 0.305 e. The van der Waals surface area contributed by atoms with Crippen molar-refractivity contribution < 1.29 is 14.3 Å². The van der Waals surface area contributed by atoms with Gasteiger partial charge in [-0.2, -0.15) is 0 Å². The number of benzene rings is 1. The molecule has 38 heavy (non-hydrogen) atoms. The van der Waals surface area contributed by atoms with E-state index in [0.717, 1.165) is 40.9 Å². The van der Waals surface area contributed by atoms with Crippen LogP contribution in [-0.4, -0.2) is 23.4 Å². The first-order valence-corrected chi connectivity index (χ1v) is 15.3. The van der Waals surface area contributed by atoms with E-state index in [1.54, 1.807) is 0 Å². The SMILES string of the molecule is CCCCCCCCCCCCCCCCCC(=O)c1c(C)c(CCC(=O)OC)n(C)c1-c1ccccc1. The molecule has 0 atom stereocenters. The highest BCUT2D eigenvalue weighted by Gasteiger charge is 2.24. The Morgan fingerprint density at radius 1 is 0.737 bits per heavy atom. The number of hydrogen-bond donors (Lipinski definition) is 0. The van der Waals surface area contributed by atoms with E-state index >= 15 is 0 Å². The van der Waals surface area contributed by atoms with Gasteiger partial charge in [-0.25, -0.2) is 0 Å². The average molecular weight is 524 g/mol. The zero-order valence-electron chi connectivity index (χ0n) is 24.8. The number of nitrogens with zero attached hydrogens (tertiary/aromatic N) is 1. The fourth-order valence-corrected chi connectivity index (χ4v) is 5.61. The van der Waals surface area contributed by atoms with E-state index in [1.807, 2.05) is 32.2 Å². The minimum atomic E-state index is -0.224. The molecule has 0 unspecified atom stereocenters. The van der Waals surface area contributed by atoms with Gasteiger partial charge in [0, 0.05) is 24.7 Å². The fraction of sp³-hybridized carbons (Fsp3) is 0.647. The predicted molar refractivity (Wildman–Crippen MR) is 160 cm³/mol. The van der Waals surface area contributed by atoms with E-state index in [1.165, 1.54) is 90.6 Å². The van der Waals surface area contributed by atoms with Gasteiger partial charge in [0.1, 0.15) is 0 Å². The number of carbonyl (C=O) groups is 2. The molecule has 4 heteroatoms. The molecule has 0 bridgehead atoms. The van der Waals surface area contributed by atoms with E-state index in [9.17, 15) is 9.59 Å². The summed E-state index contributed by atoms with van der Waals surface area (Å²) in [7, 11) is 3.42. The summed E-state index contributed by atoms with van der Waals surface area (Å²) in [6, 6.07) is 10.1. The largest absolute Gasteiger partial charge is 0.469 e. The Balaban J connectivity index is 1.76. The molecule has 2 rings (SSSR count). The van der Waals surface area contributed by atoms with Gasteiger partial charge in [0.2, 0.25) is 0 Å². The zero-order valence-corrected chi connectivity index (χ0v) is 24.8. The maximum absolute atomic E-state index is 13.4. The summed E-state index contributed by atoms with van der Waals surface area (Å²) >= 11 is 0. The number of esters is 1. The highest BCUT2D eigenvalue weighted by Crippen LogP contribution is 2.33. The third-order valence-corrected chi connectivity index (χ3v) is 7.91. The van der Waals surface area contributed by atoms with Crippen LogP contribution in [0.3, 0.4) is 0 Å². The van der Waals surface area contributed by atoms with Gasteiger partial charge in [0.25, 0.3) is 0 Å². The molecule has 212 valence electrons. The maximum atomic E-state index is 13.4. The first-order valence-electron chi connectivity index (χ1n) is 15.3. The van der Waals surface area contributed by atoms with Crippen molar-refractivity contribution in [1.29, 1.82) is 0 Å². The lowest BCUT2D eigenvalue weighted by molar-refractivity contribution is -0.140. The highest BCUT2D eigenvalue weighted by atomic mass is 16.5. The van der Waals surface area contributed by atoms with Crippen molar-refractivity contribution in [2.24, 2.45) is 7.05 Å². The topological polar surface area (TPSA) is 48.3 Å². The Hall–Kier alpha value is -2.36. The fourth-order valence-electron chi connectivity index (χ4n) is 5.61. The normalized spacial score (nSPS) is 11.2. The van der Waals surface area contributed by atoms with Crippen LogP contribution in [0.4, 0.5) is 0 Å². The molecule has 1 aromatic heterocycles. The summed E-state index contributed by atoms with van der Waals surface area (Å²) in [6.07, 6.45) is 21.3. The predicted octanol–water partition coefficient (Wildman–Crippen LogP) is 9.55. The van der Waals surface area contributed by atoms with Gasteiger partial charge in [-0.1, -0.05) is 127 Å². The number of rotatable bonds is 21. The second kappa shape index (κ2) is 18.8. The molecule has 0 saturated heterocycles. The smallest absolute Gasteiger partial charge is 0.305 e. The molecule has 0 radical (unpaired) electrons. The second-order valence-corrected chi connectivity index (χ2v) is 10.9. The molecule has 1 aromatic carbocycles. The molecule has 0 spiro atoms. The van der Waals surface area contributed by atoms with E-state index < -0.39 is 0 Å². The molecule has 0 N–H and O–H groups in total. The van der Waals surface area contributed by atoms with Gasteiger partial charge in [0.05, 0.1) is 19.2 Å². The number of Topliss-reactive ketones (excluding diaryl/α,β-unsaturated/α-hetero) is 1. The third kappa shape index (κ3) is 10.8. The summed E-state index contributed by atoms with van der Waals surface area (Å²) in [5.74, 6) is -0.00601. The molecule has 0 saturated carbocycles. The number of aromatic nitrogens is 1. The lowest BCUT2D eigenvalue weighted by atomic mass is 9.96. The second-order valence-electron chi connectivity index (χ2n) is 10.9. The van der Waals surface area contributed by atoms with Crippen molar-refractivity contribution in [2.75, 3.05) is 7.11 Å². The van der Waals surface area contributed by atoms with E-state index in [2.05, 4.69) is 23.6 Å². The molecule has 0 aliphatic carbocycles. The van der Waals surface area contributed by atoms with Crippen molar-refractivity contribution in [3.05, 3.63) is 47.2 Å². The Morgan fingerprint density at radius 2 is 1.24 bits per heavy atom. The van der Waals surface area contributed by atoms with Crippen LogP contribution in [0.5, 0.6) is 0 Å². The number of methoxy groups -OCH3 is 1. The molecule has 0 aliphatic rings. The van der Waals surface area contributed by atoms with Crippen LogP contribution < -0.4 is 0 Å². The minimum absolute atomic E-state index is 0.218. The number of ether oxygens (including phenoxy) is 1. The molecule has 0 fully saturated rings. The number of carbonyl (C=O) groups excluding carboxylic acids is 2. The Bertz CT molecular complexity index is 944.